The monoisotopic (exact) mass is 292 g/mol. The van der Waals surface area contributed by atoms with Gasteiger partial charge in [0.2, 0.25) is 0 Å². The van der Waals surface area contributed by atoms with Gasteiger partial charge >= 0.3 is 5.97 Å². The highest BCUT2D eigenvalue weighted by Gasteiger charge is 2.13. The Bertz CT molecular complexity index is 620. The lowest BCUT2D eigenvalue weighted by atomic mass is 10.0. The van der Waals surface area contributed by atoms with Crippen molar-refractivity contribution in [1.82, 2.24) is 9.78 Å². The van der Waals surface area contributed by atoms with E-state index in [9.17, 15) is 4.79 Å². The Morgan fingerprint density at radius 1 is 1.45 bits per heavy atom. The van der Waals surface area contributed by atoms with Crippen LogP contribution in [-0.4, -0.2) is 22.4 Å². The molecule has 0 spiro atoms. The van der Waals surface area contributed by atoms with Gasteiger partial charge < -0.3 is 4.74 Å². The van der Waals surface area contributed by atoms with Crippen LogP contribution in [0.5, 0.6) is 0 Å². The van der Waals surface area contributed by atoms with E-state index in [4.69, 9.17) is 16.3 Å². The minimum absolute atomic E-state index is 0.305. The summed E-state index contributed by atoms with van der Waals surface area (Å²) in [6.07, 6.45) is 3.18. The zero-order chi connectivity index (χ0) is 14.7. The van der Waals surface area contributed by atoms with Crippen molar-refractivity contribution in [2.24, 2.45) is 0 Å². The molecule has 1 aromatic carbocycles. The molecule has 20 heavy (non-hydrogen) atoms. The number of carbonyl (C=O) groups is 1. The van der Waals surface area contributed by atoms with E-state index in [2.05, 4.69) is 18.9 Å². The normalized spacial score (nSPS) is 10.8. The zero-order valence-corrected chi connectivity index (χ0v) is 12.5. The maximum absolute atomic E-state index is 11.7. The largest absolute Gasteiger partial charge is 0.462 e. The molecule has 5 heteroatoms. The van der Waals surface area contributed by atoms with Crippen LogP contribution in [0.25, 0.3) is 5.69 Å². The van der Waals surface area contributed by atoms with Crippen molar-refractivity contribution in [3.63, 3.8) is 0 Å². The Morgan fingerprint density at radius 2 is 2.20 bits per heavy atom. The Labute approximate surface area is 123 Å². The fourth-order valence-corrected chi connectivity index (χ4v) is 2.15. The Morgan fingerprint density at radius 3 is 2.85 bits per heavy atom. The van der Waals surface area contributed by atoms with Gasteiger partial charge in [0, 0.05) is 11.2 Å². The van der Waals surface area contributed by atoms with Gasteiger partial charge in [0.05, 0.1) is 24.1 Å². The van der Waals surface area contributed by atoms with Gasteiger partial charge in [0.1, 0.15) is 0 Å². The fraction of sp³-hybridized carbons (Fsp3) is 0.333. The van der Waals surface area contributed by atoms with Gasteiger partial charge in [-0.05, 0) is 36.6 Å². The molecule has 2 aromatic rings. The molecule has 0 aliphatic rings. The molecule has 0 atom stereocenters. The van der Waals surface area contributed by atoms with Gasteiger partial charge in [0.15, 0.2) is 0 Å². The summed E-state index contributed by atoms with van der Waals surface area (Å²) in [6, 6.07) is 5.64. The third kappa shape index (κ3) is 3.02. The van der Waals surface area contributed by atoms with Gasteiger partial charge in [-0.2, -0.15) is 5.10 Å². The summed E-state index contributed by atoms with van der Waals surface area (Å²) in [7, 11) is 0. The van der Waals surface area contributed by atoms with E-state index in [0.717, 1.165) is 11.3 Å². The molecule has 0 saturated carbocycles. The number of esters is 1. The Balaban J connectivity index is 2.40. The Hall–Kier alpha value is -1.81. The number of aromatic nitrogens is 2. The zero-order valence-electron chi connectivity index (χ0n) is 11.8. The van der Waals surface area contributed by atoms with Gasteiger partial charge in [-0.25, -0.2) is 9.48 Å². The number of nitrogens with zero attached hydrogens (tertiary/aromatic N) is 2. The highest BCUT2D eigenvalue weighted by atomic mass is 35.5. The van der Waals surface area contributed by atoms with Gasteiger partial charge in [0.25, 0.3) is 0 Å². The van der Waals surface area contributed by atoms with E-state index in [1.165, 1.54) is 6.20 Å². The molecule has 1 aromatic heterocycles. The first-order valence-electron chi connectivity index (χ1n) is 6.54. The van der Waals surface area contributed by atoms with E-state index in [0.29, 0.717) is 23.1 Å². The average Bonchev–Trinajstić information content (AvgIpc) is 2.88. The summed E-state index contributed by atoms with van der Waals surface area (Å²) in [4.78, 5) is 11.7. The number of hydrogen-bond acceptors (Lipinski definition) is 3. The number of carbonyl (C=O) groups excluding carboxylic acids is 1. The predicted octanol–water partition coefficient (Wildman–Crippen LogP) is 3.83. The second-order valence-corrected chi connectivity index (χ2v) is 5.19. The molecular formula is C15H17ClN2O2. The summed E-state index contributed by atoms with van der Waals surface area (Å²) < 4.78 is 6.64. The predicted molar refractivity (Wildman–Crippen MR) is 78.6 cm³/mol. The molecule has 0 saturated heterocycles. The highest BCUT2D eigenvalue weighted by Crippen LogP contribution is 2.26. The first-order valence-corrected chi connectivity index (χ1v) is 6.92. The van der Waals surface area contributed by atoms with Gasteiger partial charge in [-0.15, -0.1) is 0 Å². The lowest BCUT2D eigenvalue weighted by Crippen LogP contribution is -2.04. The van der Waals surface area contributed by atoms with Crippen LogP contribution in [0.15, 0.2) is 30.6 Å². The molecule has 0 radical (unpaired) electrons. The van der Waals surface area contributed by atoms with Gasteiger partial charge in [-0.1, -0.05) is 25.4 Å². The number of hydrogen-bond donors (Lipinski definition) is 0. The van der Waals surface area contributed by atoms with Crippen molar-refractivity contribution in [1.29, 1.82) is 0 Å². The highest BCUT2D eigenvalue weighted by molar-refractivity contribution is 6.30. The number of halogens is 1. The van der Waals surface area contributed by atoms with Gasteiger partial charge in [-0.3, -0.25) is 0 Å². The molecule has 0 bridgehead atoms. The molecule has 0 unspecified atom stereocenters. The lowest BCUT2D eigenvalue weighted by molar-refractivity contribution is 0.0526. The molecule has 1 heterocycles. The van der Waals surface area contributed by atoms with Crippen molar-refractivity contribution in [3.05, 3.63) is 46.7 Å². The van der Waals surface area contributed by atoms with E-state index in [1.807, 2.05) is 18.2 Å². The SMILES string of the molecule is CCOC(=O)c1cnn(-c2ccc(Cl)cc2C(C)C)c1. The molecule has 0 amide bonds. The first-order chi connectivity index (χ1) is 9.52. The molecule has 2 rings (SSSR count). The topological polar surface area (TPSA) is 44.1 Å². The third-order valence-electron chi connectivity index (χ3n) is 2.95. The molecule has 0 aliphatic carbocycles. The Kier molecular flexibility index (Phi) is 4.45. The van der Waals surface area contributed by atoms with Crippen LogP contribution in [0, 0.1) is 0 Å². The molecule has 4 nitrogen and oxygen atoms in total. The second kappa shape index (κ2) is 6.09. The minimum Gasteiger partial charge on any atom is -0.462 e. The van der Waals surface area contributed by atoms with E-state index >= 15 is 0 Å². The first kappa shape index (κ1) is 14.6. The molecule has 0 N–H and O–H groups in total. The van der Waals surface area contributed by atoms with Crippen LogP contribution in [0.3, 0.4) is 0 Å². The number of ether oxygens (including phenoxy) is 1. The quantitative estimate of drug-likeness (QED) is 0.805. The maximum atomic E-state index is 11.7. The molecule has 0 fully saturated rings. The van der Waals surface area contributed by atoms with Crippen molar-refractivity contribution >= 4 is 17.6 Å². The molecular weight excluding hydrogens is 276 g/mol. The van der Waals surface area contributed by atoms with Crippen molar-refractivity contribution in [2.75, 3.05) is 6.61 Å². The van der Waals surface area contributed by atoms with Crippen LogP contribution in [0.1, 0.15) is 42.6 Å². The van der Waals surface area contributed by atoms with Crippen molar-refractivity contribution in [3.8, 4) is 5.69 Å². The number of benzene rings is 1. The standard InChI is InChI=1S/C15H17ClN2O2/c1-4-20-15(19)11-8-17-18(9-11)14-6-5-12(16)7-13(14)10(2)3/h5-10H,4H2,1-3H3. The summed E-state index contributed by atoms with van der Waals surface area (Å²) >= 11 is 6.04. The summed E-state index contributed by atoms with van der Waals surface area (Å²) in [5.41, 5.74) is 2.44. The number of rotatable bonds is 4. The van der Waals surface area contributed by atoms with E-state index in [1.54, 1.807) is 17.8 Å². The lowest BCUT2D eigenvalue weighted by Gasteiger charge is -2.13. The van der Waals surface area contributed by atoms with Crippen molar-refractivity contribution < 1.29 is 9.53 Å². The summed E-state index contributed by atoms with van der Waals surface area (Å²) in [6.45, 7) is 6.30. The van der Waals surface area contributed by atoms with Crippen LogP contribution in [0.2, 0.25) is 5.02 Å². The maximum Gasteiger partial charge on any atom is 0.341 e. The molecule has 0 aliphatic heterocycles. The van der Waals surface area contributed by atoms with E-state index < -0.39 is 0 Å². The summed E-state index contributed by atoms with van der Waals surface area (Å²) in [5, 5.41) is 4.93. The summed E-state index contributed by atoms with van der Waals surface area (Å²) in [5.74, 6) is -0.0576. The average molecular weight is 293 g/mol. The second-order valence-electron chi connectivity index (χ2n) is 4.75. The van der Waals surface area contributed by atoms with Crippen LogP contribution in [0.4, 0.5) is 0 Å². The van der Waals surface area contributed by atoms with Crippen LogP contribution >= 0.6 is 11.6 Å². The van der Waals surface area contributed by atoms with Crippen LogP contribution in [-0.2, 0) is 4.74 Å². The van der Waals surface area contributed by atoms with Crippen molar-refractivity contribution in [2.45, 2.75) is 26.7 Å². The fourth-order valence-electron chi connectivity index (χ4n) is 1.97. The minimum atomic E-state index is -0.362. The third-order valence-corrected chi connectivity index (χ3v) is 3.19. The molecule has 106 valence electrons. The van der Waals surface area contributed by atoms with E-state index in [-0.39, 0.29) is 5.97 Å². The smallest absolute Gasteiger partial charge is 0.341 e. The van der Waals surface area contributed by atoms with Crippen LogP contribution < -0.4 is 0 Å².